The lowest BCUT2D eigenvalue weighted by atomic mass is 10.1. The Hall–Kier alpha value is -0.770. The highest BCUT2D eigenvalue weighted by atomic mass is 35.5. The zero-order chi connectivity index (χ0) is 12.5. The van der Waals surface area contributed by atoms with Crippen LogP contribution in [0.5, 0.6) is 0 Å². The number of rotatable bonds is 2. The maximum absolute atomic E-state index is 5.95. The third-order valence-electron chi connectivity index (χ3n) is 4.04. The molecule has 1 saturated heterocycles. The van der Waals surface area contributed by atoms with E-state index in [1.807, 2.05) is 12.1 Å². The van der Waals surface area contributed by atoms with Crippen LogP contribution in [-0.4, -0.2) is 30.2 Å². The fourth-order valence-corrected chi connectivity index (χ4v) is 3.25. The van der Waals surface area contributed by atoms with E-state index in [4.69, 9.17) is 22.1 Å². The topological polar surface area (TPSA) is 38.5 Å². The molecule has 4 heteroatoms. The molecule has 2 aliphatic rings. The van der Waals surface area contributed by atoms with E-state index in [0.717, 1.165) is 19.7 Å². The van der Waals surface area contributed by atoms with Crippen molar-refractivity contribution in [3.63, 3.8) is 0 Å². The third-order valence-corrected chi connectivity index (χ3v) is 4.39. The number of fused-ring (bicyclic) bond motifs is 1. The van der Waals surface area contributed by atoms with Gasteiger partial charge in [0, 0.05) is 19.1 Å². The highest BCUT2D eigenvalue weighted by Gasteiger charge is 2.35. The number of ether oxygens (including phenoxy) is 1. The van der Waals surface area contributed by atoms with Crippen LogP contribution in [0.1, 0.15) is 24.8 Å². The van der Waals surface area contributed by atoms with Crippen LogP contribution in [0, 0.1) is 0 Å². The Morgan fingerprint density at radius 3 is 3.11 bits per heavy atom. The Balaban J connectivity index is 1.73. The molecule has 2 N–H and O–H groups in total. The van der Waals surface area contributed by atoms with E-state index in [9.17, 15) is 0 Å². The SMILES string of the molecule is Nc1cc(CN2CCOC3CCCC32)ccc1Cl. The molecule has 0 aromatic heterocycles. The van der Waals surface area contributed by atoms with Gasteiger partial charge in [0.1, 0.15) is 0 Å². The first kappa shape index (κ1) is 12.3. The maximum Gasteiger partial charge on any atom is 0.0731 e. The molecule has 1 aromatic rings. The second kappa shape index (κ2) is 5.08. The summed E-state index contributed by atoms with van der Waals surface area (Å²) in [6.07, 6.45) is 4.20. The number of hydrogen-bond donors (Lipinski definition) is 1. The minimum Gasteiger partial charge on any atom is -0.398 e. The summed E-state index contributed by atoms with van der Waals surface area (Å²) >= 11 is 5.95. The molecule has 3 rings (SSSR count). The molecule has 1 aliphatic heterocycles. The lowest BCUT2D eigenvalue weighted by molar-refractivity contribution is -0.0588. The number of morpholine rings is 1. The second-order valence-corrected chi connectivity index (χ2v) is 5.64. The van der Waals surface area contributed by atoms with Gasteiger partial charge in [-0.05, 0) is 37.0 Å². The number of nitrogens with two attached hydrogens (primary N) is 1. The van der Waals surface area contributed by atoms with Crippen molar-refractivity contribution in [3.05, 3.63) is 28.8 Å². The number of benzene rings is 1. The Morgan fingerprint density at radius 2 is 2.28 bits per heavy atom. The first-order chi connectivity index (χ1) is 8.74. The van der Waals surface area contributed by atoms with Gasteiger partial charge >= 0.3 is 0 Å². The second-order valence-electron chi connectivity index (χ2n) is 5.23. The van der Waals surface area contributed by atoms with Gasteiger partial charge in [-0.2, -0.15) is 0 Å². The van der Waals surface area contributed by atoms with Crippen LogP contribution < -0.4 is 5.73 Å². The van der Waals surface area contributed by atoms with Gasteiger partial charge in [-0.3, -0.25) is 4.90 Å². The molecule has 0 bridgehead atoms. The molecule has 0 spiro atoms. The van der Waals surface area contributed by atoms with Gasteiger partial charge in [0.05, 0.1) is 23.4 Å². The monoisotopic (exact) mass is 266 g/mol. The summed E-state index contributed by atoms with van der Waals surface area (Å²) in [4.78, 5) is 2.53. The Bertz CT molecular complexity index is 438. The molecular formula is C14H19ClN2O. The fourth-order valence-electron chi connectivity index (χ4n) is 3.13. The summed E-state index contributed by atoms with van der Waals surface area (Å²) in [5.41, 5.74) is 7.77. The minimum atomic E-state index is 0.448. The molecule has 0 amide bonds. The average Bonchev–Trinajstić information content (AvgIpc) is 2.83. The molecule has 1 saturated carbocycles. The molecule has 1 aliphatic carbocycles. The van der Waals surface area contributed by atoms with Gasteiger partial charge in [0.2, 0.25) is 0 Å². The number of nitrogens with zero attached hydrogens (tertiary/aromatic N) is 1. The molecule has 3 nitrogen and oxygen atoms in total. The summed E-state index contributed by atoms with van der Waals surface area (Å²) in [6.45, 7) is 2.82. The zero-order valence-corrected chi connectivity index (χ0v) is 11.2. The summed E-state index contributed by atoms with van der Waals surface area (Å²) in [5, 5.41) is 0.638. The molecule has 2 unspecified atom stereocenters. The van der Waals surface area contributed by atoms with Gasteiger partial charge in [-0.25, -0.2) is 0 Å². The van der Waals surface area contributed by atoms with Gasteiger partial charge in [-0.1, -0.05) is 17.7 Å². The Kier molecular flexibility index (Phi) is 3.46. The van der Waals surface area contributed by atoms with Crippen molar-refractivity contribution in [3.8, 4) is 0 Å². The van der Waals surface area contributed by atoms with Crippen LogP contribution in [0.25, 0.3) is 0 Å². The highest BCUT2D eigenvalue weighted by molar-refractivity contribution is 6.33. The average molecular weight is 267 g/mol. The fraction of sp³-hybridized carbons (Fsp3) is 0.571. The smallest absolute Gasteiger partial charge is 0.0731 e. The third kappa shape index (κ3) is 2.35. The lowest BCUT2D eigenvalue weighted by Gasteiger charge is -2.37. The van der Waals surface area contributed by atoms with Crippen LogP contribution in [-0.2, 0) is 11.3 Å². The van der Waals surface area contributed by atoms with Crippen molar-refractivity contribution < 1.29 is 4.74 Å². The maximum atomic E-state index is 5.95. The Morgan fingerprint density at radius 1 is 1.39 bits per heavy atom. The van der Waals surface area contributed by atoms with Crippen molar-refractivity contribution in [2.24, 2.45) is 0 Å². The standard InChI is InChI=1S/C14H19ClN2O/c15-11-5-4-10(8-12(11)16)9-17-6-7-18-14-3-1-2-13(14)17/h4-5,8,13-14H,1-3,6-7,9,16H2. The van der Waals surface area contributed by atoms with E-state index in [1.165, 1.54) is 24.8 Å². The molecule has 2 fully saturated rings. The van der Waals surface area contributed by atoms with E-state index in [0.29, 0.717) is 22.9 Å². The number of halogens is 1. The van der Waals surface area contributed by atoms with Crippen molar-refractivity contribution in [2.75, 3.05) is 18.9 Å². The van der Waals surface area contributed by atoms with Crippen LogP contribution in [0.2, 0.25) is 5.02 Å². The predicted octanol–water partition coefficient (Wildman–Crippen LogP) is 2.68. The molecule has 18 heavy (non-hydrogen) atoms. The van der Waals surface area contributed by atoms with E-state index in [2.05, 4.69) is 11.0 Å². The molecule has 1 heterocycles. The van der Waals surface area contributed by atoms with Crippen molar-refractivity contribution >= 4 is 17.3 Å². The van der Waals surface area contributed by atoms with E-state index < -0.39 is 0 Å². The van der Waals surface area contributed by atoms with Crippen molar-refractivity contribution in [1.29, 1.82) is 0 Å². The normalized spacial score (nSPS) is 28.3. The molecular weight excluding hydrogens is 248 g/mol. The number of anilines is 1. The minimum absolute atomic E-state index is 0.448. The van der Waals surface area contributed by atoms with E-state index in [-0.39, 0.29) is 0 Å². The lowest BCUT2D eigenvalue weighted by Crippen LogP contribution is -2.47. The number of nitrogen functional groups attached to an aromatic ring is 1. The first-order valence-corrected chi connectivity index (χ1v) is 7.01. The highest BCUT2D eigenvalue weighted by Crippen LogP contribution is 2.31. The van der Waals surface area contributed by atoms with Crippen LogP contribution in [0.15, 0.2) is 18.2 Å². The first-order valence-electron chi connectivity index (χ1n) is 6.63. The zero-order valence-electron chi connectivity index (χ0n) is 10.4. The van der Waals surface area contributed by atoms with Gasteiger partial charge in [0.15, 0.2) is 0 Å². The van der Waals surface area contributed by atoms with Crippen LogP contribution in [0.3, 0.4) is 0 Å². The number of hydrogen-bond acceptors (Lipinski definition) is 3. The van der Waals surface area contributed by atoms with Gasteiger partial charge in [0.25, 0.3) is 0 Å². The predicted molar refractivity (Wildman–Crippen MR) is 73.7 cm³/mol. The summed E-state index contributed by atoms with van der Waals surface area (Å²) < 4.78 is 5.83. The van der Waals surface area contributed by atoms with Crippen molar-refractivity contribution in [2.45, 2.75) is 38.0 Å². The summed E-state index contributed by atoms with van der Waals surface area (Å²) in [6, 6.07) is 6.54. The summed E-state index contributed by atoms with van der Waals surface area (Å²) in [7, 11) is 0. The van der Waals surface area contributed by atoms with Crippen molar-refractivity contribution in [1.82, 2.24) is 4.90 Å². The van der Waals surface area contributed by atoms with Gasteiger partial charge < -0.3 is 10.5 Å². The van der Waals surface area contributed by atoms with E-state index >= 15 is 0 Å². The molecule has 1 aromatic carbocycles. The Labute approximate surface area is 113 Å². The molecule has 98 valence electrons. The quantitative estimate of drug-likeness (QED) is 0.837. The summed E-state index contributed by atoms with van der Waals surface area (Å²) in [5.74, 6) is 0. The molecule has 2 atom stereocenters. The largest absolute Gasteiger partial charge is 0.398 e. The van der Waals surface area contributed by atoms with Gasteiger partial charge in [-0.15, -0.1) is 0 Å². The molecule has 0 radical (unpaired) electrons. The van der Waals surface area contributed by atoms with Crippen LogP contribution in [0.4, 0.5) is 5.69 Å². The van der Waals surface area contributed by atoms with Crippen LogP contribution >= 0.6 is 11.6 Å². The van der Waals surface area contributed by atoms with E-state index in [1.54, 1.807) is 0 Å².